The quantitative estimate of drug-likeness (QED) is 0.755. The predicted octanol–water partition coefficient (Wildman–Crippen LogP) is 1.96. The number of rotatable bonds is 3. The summed E-state index contributed by atoms with van der Waals surface area (Å²) in [6, 6.07) is 3.00. The van der Waals surface area contributed by atoms with E-state index in [1.165, 1.54) is 20.2 Å². The van der Waals surface area contributed by atoms with Crippen LogP contribution in [0.2, 0.25) is 0 Å². The van der Waals surface area contributed by atoms with Crippen molar-refractivity contribution in [2.24, 2.45) is 0 Å². The molecule has 0 saturated heterocycles. The fraction of sp³-hybridized carbons (Fsp3) is 0.400. The SMILES string of the molecule is COc1cc(C)c(F)cc1CN(C)O. The van der Waals surface area contributed by atoms with Crippen molar-refractivity contribution in [2.45, 2.75) is 13.5 Å². The van der Waals surface area contributed by atoms with Crippen LogP contribution in [-0.2, 0) is 6.54 Å². The first kappa shape index (κ1) is 10.9. The molecule has 0 saturated carbocycles. The lowest BCUT2D eigenvalue weighted by atomic mass is 10.1. The number of benzene rings is 1. The summed E-state index contributed by atoms with van der Waals surface area (Å²) < 4.78 is 18.3. The molecule has 14 heavy (non-hydrogen) atoms. The molecule has 0 radical (unpaired) electrons. The zero-order valence-electron chi connectivity index (χ0n) is 8.54. The second kappa shape index (κ2) is 4.39. The number of methoxy groups -OCH3 is 1. The van der Waals surface area contributed by atoms with E-state index in [4.69, 9.17) is 9.94 Å². The average Bonchev–Trinajstić information content (AvgIpc) is 2.10. The number of nitrogens with zero attached hydrogens (tertiary/aromatic N) is 1. The van der Waals surface area contributed by atoms with Crippen LogP contribution in [0.1, 0.15) is 11.1 Å². The molecular weight excluding hydrogens is 185 g/mol. The minimum Gasteiger partial charge on any atom is -0.496 e. The molecule has 0 unspecified atom stereocenters. The fourth-order valence-electron chi connectivity index (χ4n) is 1.26. The Hall–Kier alpha value is -1.13. The van der Waals surface area contributed by atoms with Gasteiger partial charge in [-0.05, 0) is 24.6 Å². The summed E-state index contributed by atoms with van der Waals surface area (Å²) in [5.41, 5.74) is 1.16. The van der Waals surface area contributed by atoms with Gasteiger partial charge in [-0.25, -0.2) is 4.39 Å². The fourth-order valence-corrected chi connectivity index (χ4v) is 1.26. The van der Waals surface area contributed by atoms with E-state index < -0.39 is 0 Å². The highest BCUT2D eigenvalue weighted by Gasteiger charge is 2.08. The van der Waals surface area contributed by atoms with Gasteiger partial charge in [-0.1, -0.05) is 0 Å². The van der Waals surface area contributed by atoms with Gasteiger partial charge in [0.2, 0.25) is 0 Å². The standard InChI is InChI=1S/C10H14FNO2/c1-7-4-10(14-3)8(5-9(7)11)6-12(2)13/h4-5,13H,6H2,1-3H3. The highest BCUT2D eigenvalue weighted by Crippen LogP contribution is 2.23. The number of hydroxylamine groups is 2. The topological polar surface area (TPSA) is 32.7 Å². The van der Waals surface area contributed by atoms with Gasteiger partial charge in [0.15, 0.2) is 0 Å². The lowest BCUT2D eigenvalue weighted by molar-refractivity contribution is -0.0735. The van der Waals surface area contributed by atoms with Crippen molar-refractivity contribution in [2.75, 3.05) is 14.2 Å². The van der Waals surface area contributed by atoms with Gasteiger partial charge in [0.05, 0.1) is 13.7 Å². The third-order valence-electron chi connectivity index (χ3n) is 1.96. The molecule has 0 atom stereocenters. The third-order valence-corrected chi connectivity index (χ3v) is 1.96. The second-order valence-corrected chi connectivity index (χ2v) is 3.23. The van der Waals surface area contributed by atoms with E-state index in [1.807, 2.05) is 0 Å². The Kier molecular flexibility index (Phi) is 3.43. The van der Waals surface area contributed by atoms with Crippen molar-refractivity contribution in [3.63, 3.8) is 0 Å². The number of aryl methyl sites for hydroxylation is 1. The van der Waals surface area contributed by atoms with Gasteiger partial charge < -0.3 is 9.94 Å². The maximum atomic E-state index is 13.2. The Labute approximate surface area is 82.7 Å². The van der Waals surface area contributed by atoms with Crippen LogP contribution in [0.15, 0.2) is 12.1 Å². The molecule has 0 spiro atoms. The van der Waals surface area contributed by atoms with Crippen LogP contribution in [0.4, 0.5) is 4.39 Å². The van der Waals surface area contributed by atoms with E-state index in [9.17, 15) is 4.39 Å². The zero-order chi connectivity index (χ0) is 10.7. The molecule has 1 aromatic rings. The van der Waals surface area contributed by atoms with Gasteiger partial charge in [0, 0.05) is 12.6 Å². The van der Waals surface area contributed by atoms with Gasteiger partial charge in [0.25, 0.3) is 0 Å². The average molecular weight is 199 g/mol. The molecule has 3 nitrogen and oxygen atoms in total. The number of halogens is 1. The first-order valence-electron chi connectivity index (χ1n) is 4.27. The van der Waals surface area contributed by atoms with Crippen LogP contribution in [0.3, 0.4) is 0 Å². The smallest absolute Gasteiger partial charge is 0.126 e. The van der Waals surface area contributed by atoms with E-state index in [0.717, 1.165) is 5.06 Å². The van der Waals surface area contributed by atoms with Crippen LogP contribution < -0.4 is 4.74 Å². The summed E-state index contributed by atoms with van der Waals surface area (Å²) in [4.78, 5) is 0. The Morgan fingerprint density at radius 3 is 2.64 bits per heavy atom. The van der Waals surface area contributed by atoms with Crippen molar-refractivity contribution in [1.82, 2.24) is 5.06 Å². The van der Waals surface area contributed by atoms with Gasteiger partial charge in [0.1, 0.15) is 11.6 Å². The highest BCUT2D eigenvalue weighted by atomic mass is 19.1. The number of hydrogen-bond acceptors (Lipinski definition) is 3. The van der Waals surface area contributed by atoms with E-state index in [-0.39, 0.29) is 12.4 Å². The van der Waals surface area contributed by atoms with Crippen LogP contribution in [-0.4, -0.2) is 24.4 Å². The molecule has 78 valence electrons. The second-order valence-electron chi connectivity index (χ2n) is 3.23. The summed E-state index contributed by atoms with van der Waals surface area (Å²) in [5, 5.41) is 10.0. The first-order valence-corrected chi connectivity index (χ1v) is 4.27. The van der Waals surface area contributed by atoms with Crippen LogP contribution in [0.5, 0.6) is 5.75 Å². The van der Waals surface area contributed by atoms with Crippen molar-refractivity contribution in [1.29, 1.82) is 0 Å². The first-order chi connectivity index (χ1) is 6.54. The Bertz CT molecular complexity index is 326. The molecule has 0 heterocycles. The molecule has 0 amide bonds. The van der Waals surface area contributed by atoms with Crippen LogP contribution in [0.25, 0.3) is 0 Å². The maximum absolute atomic E-state index is 13.2. The van der Waals surface area contributed by atoms with Crippen molar-refractivity contribution < 1.29 is 14.3 Å². The van der Waals surface area contributed by atoms with Gasteiger partial charge in [-0.2, -0.15) is 5.06 Å². The zero-order valence-corrected chi connectivity index (χ0v) is 8.54. The van der Waals surface area contributed by atoms with E-state index in [1.54, 1.807) is 13.0 Å². The van der Waals surface area contributed by atoms with E-state index in [2.05, 4.69) is 0 Å². The molecule has 0 aromatic heterocycles. The van der Waals surface area contributed by atoms with E-state index in [0.29, 0.717) is 16.9 Å². The van der Waals surface area contributed by atoms with Crippen LogP contribution in [0, 0.1) is 12.7 Å². The van der Waals surface area contributed by atoms with Gasteiger partial charge in [-0.15, -0.1) is 0 Å². The Balaban J connectivity index is 3.07. The monoisotopic (exact) mass is 199 g/mol. The summed E-state index contributed by atoms with van der Waals surface area (Å²) in [6.45, 7) is 1.91. The molecule has 1 aromatic carbocycles. The predicted molar refractivity (Wildman–Crippen MR) is 50.9 cm³/mol. The molecular formula is C10H14FNO2. The molecule has 0 aliphatic carbocycles. The maximum Gasteiger partial charge on any atom is 0.126 e. The molecule has 1 N–H and O–H groups in total. The van der Waals surface area contributed by atoms with E-state index >= 15 is 0 Å². The summed E-state index contributed by atoms with van der Waals surface area (Å²) in [7, 11) is 3.02. The van der Waals surface area contributed by atoms with Crippen LogP contribution >= 0.6 is 0 Å². The highest BCUT2D eigenvalue weighted by molar-refractivity contribution is 5.37. The Morgan fingerprint density at radius 1 is 1.50 bits per heavy atom. The normalized spacial score (nSPS) is 10.7. The largest absolute Gasteiger partial charge is 0.496 e. The molecule has 0 aliphatic rings. The van der Waals surface area contributed by atoms with Crippen molar-refractivity contribution in [3.05, 3.63) is 29.1 Å². The minimum atomic E-state index is -0.289. The number of ether oxygens (including phenoxy) is 1. The Morgan fingerprint density at radius 2 is 2.14 bits per heavy atom. The molecule has 0 bridgehead atoms. The molecule has 0 aliphatic heterocycles. The molecule has 1 rings (SSSR count). The number of hydrogen-bond donors (Lipinski definition) is 1. The van der Waals surface area contributed by atoms with Crippen molar-refractivity contribution >= 4 is 0 Å². The molecule has 4 heteroatoms. The van der Waals surface area contributed by atoms with Gasteiger partial charge in [-0.3, -0.25) is 0 Å². The third kappa shape index (κ3) is 2.43. The lowest BCUT2D eigenvalue weighted by Crippen LogP contribution is -2.12. The van der Waals surface area contributed by atoms with Crippen molar-refractivity contribution in [3.8, 4) is 5.75 Å². The van der Waals surface area contributed by atoms with Gasteiger partial charge >= 0.3 is 0 Å². The summed E-state index contributed by atoms with van der Waals surface area (Å²) >= 11 is 0. The summed E-state index contributed by atoms with van der Waals surface area (Å²) in [5.74, 6) is 0.299. The summed E-state index contributed by atoms with van der Waals surface area (Å²) in [6.07, 6.45) is 0. The minimum absolute atomic E-state index is 0.236. The molecule has 0 fully saturated rings. The lowest BCUT2D eigenvalue weighted by Gasteiger charge is -2.13.